The summed E-state index contributed by atoms with van der Waals surface area (Å²) in [6, 6.07) is 3.92. The largest absolute Gasteiger partial charge is 0.327 e. The highest BCUT2D eigenvalue weighted by molar-refractivity contribution is 5.85. The standard InChI is InChI=1S/C15H22F2N2.ClH/c1-10(12-5-4-11(16)8-13(12)17)19-7-6-14(18)15(2,3)9-19;/h4-5,8,10,14H,6-7,9,18H2,1-3H3;1H. The van der Waals surface area contributed by atoms with Crippen molar-refractivity contribution in [2.24, 2.45) is 11.1 Å². The van der Waals surface area contributed by atoms with Crippen LogP contribution in [0, 0.1) is 17.0 Å². The maximum atomic E-state index is 13.8. The van der Waals surface area contributed by atoms with Crippen LogP contribution in [0.2, 0.25) is 0 Å². The molecule has 2 unspecified atom stereocenters. The maximum Gasteiger partial charge on any atom is 0.130 e. The Balaban J connectivity index is 0.00000200. The van der Waals surface area contributed by atoms with Gasteiger partial charge in [0.2, 0.25) is 0 Å². The Hall–Kier alpha value is -0.710. The van der Waals surface area contributed by atoms with E-state index >= 15 is 0 Å². The van der Waals surface area contributed by atoms with E-state index in [2.05, 4.69) is 18.7 Å². The fraction of sp³-hybridized carbons (Fsp3) is 0.600. The Morgan fingerprint density at radius 1 is 1.35 bits per heavy atom. The number of nitrogens with two attached hydrogens (primary N) is 1. The highest BCUT2D eigenvalue weighted by atomic mass is 35.5. The summed E-state index contributed by atoms with van der Waals surface area (Å²) in [5.74, 6) is -1.00. The van der Waals surface area contributed by atoms with Gasteiger partial charge in [0.05, 0.1) is 0 Å². The minimum Gasteiger partial charge on any atom is -0.327 e. The number of hydrogen-bond acceptors (Lipinski definition) is 2. The molecule has 1 heterocycles. The van der Waals surface area contributed by atoms with Crippen molar-refractivity contribution in [1.82, 2.24) is 4.90 Å². The Labute approximate surface area is 125 Å². The number of piperidine rings is 1. The van der Waals surface area contributed by atoms with Crippen LogP contribution in [-0.4, -0.2) is 24.0 Å². The number of rotatable bonds is 2. The summed E-state index contributed by atoms with van der Waals surface area (Å²) in [5.41, 5.74) is 6.68. The quantitative estimate of drug-likeness (QED) is 0.906. The molecule has 2 N–H and O–H groups in total. The molecule has 1 aliphatic rings. The summed E-state index contributed by atoms with van der Waals surface area (Å²) in [6.07, 6.45) is 0.903. The molecule has 0 spiro atoms. The Morgan fingerprint density at radius 3 is 2.55 bits per heavy atom. The molecule has 0 radical (unpaired) electrons. The molecular weight excluding hydrogens is 282 g/mol. The molecule has 0 amide bonds. The zero-order chi connectivity index (χ0) is 14.2. The minimum absolute atomic E-state index is 0. The second-order valence-corrected chi connectivity index (χ2v) is 6.20. The Morgan fingerprint density at radius 2 is 2.00 bits per heavy atom. The van der Waals surface area contributed by atoms with Gasteiger partial charge in [-0.1, -0.05) is 19.9 Å². The first-order valence-corrected chi connectivity index (χ1v) is 6.76. The number of likely N-dealkylation sites (tertiary alicyclic amines) is 1. The van der Waals surface area contributed by atoms with E-state index < -0.39 is 11.6 Å². The van der Waals surface area contributed by atoms with Gasteiger partial charge in [-0.05, 0) is 24.8 Å². The lowest BCUT2D eigenvalue weighted by Crippen LogP contribution is -2.52. The van der Waals surface area contributed by atoms with Gasteiger partial charge in [-0.3, -0.25) is 4.90 Å². The third-order valence-electron chi connectivity index (χ3n) is 4.30. The van der Waals surface area contributed by atoms with Crippen molar-refractivity contribution >= 4 is 12.4 Å². The van der Waals surface area contributed by atoms with Crippen LogP contribution in [-0.2, 0) is 0 Å². The summed E-state index contributed by atoms with van der Waals surface area (Å²) >= 11 is 0. The third-order valence-corrected chi connectivity index (χ3v) is 4.30. The smallest absolute Gasteiger partial charge is 0.130 e. The van der Waals surface area contributed by atoms with E-state index in [9.17, 15) is 8.78 Å². The van der Waals surface area contributed by atoms with E-state index in [1.807, 2.05) is 6.92 Å². The molecule has 2 nitrogen and oxygen atoms in total. The van der Waals surface area contributed by atoms with Crippen LogP contribution < -0.4 is 5.73 Å². The van der Waals surface area contributed by atoms with Crippen molar-refractivity contribution in [2.75, 3.05) is 13.1 Å². The van der Waals surface area contributed by atoms with Crippen molar-refractivity contribution in [3.63, 3.8) is 0 Å². The van der Waals surface area contributed by atoms with Gasteiger partial charge < -0.3 is 5.73 Å². The van der Waals surface area contributed by atoms with E-state index in [0.717, 1.165) is 25.6 Å². The predicted octanol–water partition coefficient (Wildman–Crippen LogP) is 3.51. The molecule has 0 aromatic heterocycles. The molecule has 1 fully saturated rings. The fourth-order valence-electron chi connectivity index (χ4n) is 2.78. The van der Waals surface area contributed by atoms with Crippen LogP contribution in [0.4, 0.5) is 8.78 Å². The zero-order valence-electron chi connectivity index (χ0n) is 12.2. The number of hydrogen-bond donors (Lipinski definition) is 1. The molecule has 1 saturated heterocycles. The SMILES string of the molecule is CC(c1ccc(F)cc1F)N1CCC(N)C(C)(C)C1.Cl. The lowest BCUT2D eigenvalue weighted by Gasteiger charge is -2.45. The molecule has 114 valence electrons. The van der Waals surface area contributed by atoms with Crippen molar-refractivity contribution in [1.29, 1.82) is 0 Å². The fourth-order valence-corrected chi connectivity index (χ4v) is 2.78. The first-order valence-electron chi connectivity index (χ1n) is 6.76. The first kappa shape index (κ1) is 17.3. The summed E-state index contributed by atoms with van der Waals surface area (Å²) < 4.78 is 26.8. The van der Waals surface area contributed by atoms with Gasteiger partial charge in [0.25, 0.3) is 0 Å². The van der Waals surface area contributed by atoms with Gasteiger partial charge in [0, 0.05) is 36.8 Å². The second kappa shape index (κ2) is 6.37. The van der Waals surface area contributed by atoms with Gasteiger partial charge in [0.1, 0.15) is 11.6 Å². The van der Waals surface area contributed by atoms with Gasteiger partial charge in [-0.15, -0.1) is 12.4 Å². The normalized spacial score (nSPS) is 24.0. The summed E-state index contributed by atoms with van der Waals surface area (Å²) in [7, 11) is 0. The lowest BCUT2D eigenvalue weighted by molar-refractivity contribution is 0.0652. The topological polar surface area (TPSA) is 29.3 Å². The monoisotopic (exact) mass is 304 g/mol. The van der Waals surface area contributed by atoms with E-state index in [1.165, 1.54) is 12.1 Å². The minimum atomic E-state index is -0.533. The average molecular weight is 305 g/mol. The van der Waals surface area contributed by atoms with E-state index in [4.69, 9.17) is 5.73 Å². The average Bonchev–Trinajstić information content (AvgIpc) is 2.32. The molecule has 1 aromatic carbocycles. The van der Waals surface area contributed by atoms with E-state index in [0.29, 0.717) is 5.56 Å². The molecule has 0 aliphatic carbocycles. The molecule has 2 rings (SSSR count). The highest BCUT2D eigenvalue weighted by Gasteiger charge is 2.35. The lowest BCUT2D eigenvalue weighted by atomic mass is 9.79. The predicted molar refractivity (Wildman–Crippen MR) is 80.0 cm³/mol. The third kappa shape index (κ3) is 3.48. The van der Waals surface area contributed by atoms with Crippen molar-refractivity contribution in [3.8, 4) is 0 Å². The molecule has 1 aromatic rings. The summed E-state index contributed by atoms with van der Waals surface area (Å²) in [4.78, 5) is 2.22. The van der Waals surface area contributed by atoms with Gasteiger partial charge in [-0.2, -0.15) is 0 Å². The van der Waals surface area contributed by atoms with Crippen molar-refractivity contribution < 1.29 is 8.78 Å². The molecule has 0 saturated carbocycles. The first-order chi connectivity index (χ1) is 8.81. The molecule has 5 heteroatoms. The van der Waals surface area contributed by atoms with Gasteiger partial charge in [0.15, 0.2) is 0 Å². The molecule has 1 aliphatic heterocycles. The summed E-state index contributed by atoms with van der Waals surface area (Å²) in [6.45, 7) is 7.91. The second-order valence-electron chi connectivity index (χ2n) is 6.20. The van der Waals surface area contributed by atoms with Crippen LogP contribution in [0.1, 0.15) is 38.8 Å². The van der Waals surface area contributed by atoms with E-state index in [-0.39, 0.29) is 29.9 Å². The number of nitrogens with zero attached hydrogens (tertiary/aromatic N) is 1. The highest BCUT2D eigenvalue weighted by Crippen LogP contribution is 2.33. The molecule has 20 heavy (non-hydrogen) atoms. The van der Waals surface area contributed by atoms with Crippen molar-refractivity contribution in [3.05, 3.63) is 35.4 Å². The molecular formula is C15H23ClF2N2. The van der Waals surface area contributed by atoms with Gasteiger partial charge in [-0.25, -0.2) is 8.78 Å². The van der Waals surface area contributed by atoms with Crippen LogP contribution in [0.15, 0.2) is 18.2 Å². The Bertz CT molecular complexity index is 465. The van der Waals surface area contributed by atoms with Crippen LogP contribution >= 0.6 is 12.4 Å². The van der Waals surface area contributed by atoms with Crippen molar-refractivity contribution in [2.45, 2.75) is 39.3 Å². The molecule has 2 atom stereocenters. The van der Waals surface area contributed by atoms with Crippen LogP contribution in [0.25, 0.3) is 0 Å². The van der Waals surface area contributed by atoms with E-state index in [1.54, 1.807) is 0 Å². The van der Waals surface area contributed by atoms with Crippen LogP contribution in [0.5, 0.6) is 0 Å². The zero-order valence-corrected chi connectivity index (χ0v) is 13.0. The van der Waals surface area contributed by atoms with Crippen LogP contribution in [0.3, 0.4) is 0 Å². The summed E-state index contributed by atoms with van der Waals surface area (Å²) in [5, 5.41) is 0. The molecule has 0 bridgehead atoms. The number of benzene rings is 1. The van der Waals surface area contributed by atoms with Gasteiger partial charge >= 0.3 is 0 Å². The Kier molecular flexibility index (Phi) is 5.53. The number of halogens is 3. The maximum absolute atomic E-state index is 13.8.